The summed E-state index contributed by atoms with van der Waals surface area (Å²) in [4.78, 5) is 8.00. The number of aromatic hydroxyl groups is 2. The van der Waals surface area contributed by atoms with E-state index in [0.717, 1.165) is 5.34 Å². The van der Waals surface area contributed by atoms with Gasteiger partial charge >= 0.3 is 48.5 Å². The summed E-state index contributed by atoms with van der Waals surface area (Å²) >= 11 is -3.04. The molecule has 0 saturated heterocycles. The van der Waals surface area contributed by atoms with E-state index in [1.54, 1.807) is 12.1 Å². The molecule has 10 nitrogen and oxygen atoms in total. The van der Waals surface area contributed by atoms with Gasteiger partial charge < -0.3 is 32.6 Å². The summed E-state index contributed by atoms with van der Waals surface area (Å²) < 4.78 is 21.9. The molecule has 0 unspecified atom stereocenters. The van der Waals surface area contributed by atoms with E-state index in [0.29, 0.717) is 0 Å². The minimum atomic E-state index is -3.04. The van der Waals surface area contributed by atoms with E-state index in [1.807, 2.05) is 0 Å². The van der Waals surface area contributed by atoms with E-state index in [4.69, 9.17) is 32.9 Å². The zero-order valence-corrected chi connectivity index (χ0v) is 12.9. The van der Waals surface area contributed by atoms with Gasteiger partial charge in [-0.15, -0.1) is 5.34 Å². The Labute approximate surface area is 122 Å². The zero-order chi connectivity index (χ0) is 12.3. The number of para-hydroxylation sites is 2. The fourth-order valence-corrected chi connectivity index (χ4v) is 0.464. The Bertz CT molecular complexity index is 257. The van der Waals surface area contributed by atoms with Crippen molar-refractivity contribution < 1.29 is 43.8 Å². The molecule has 1 rings (SSSR count). The van der Waals surface area contributed by atoms with Gasteiger partial charge in [0.15, 0.2) is 11.5 Å². The van der Waals surface area contributed by atoms with Crippen LogP contribution in [0.25, 0.3) is 0 Å². The van der Waals surface area contributed by atoms with Gasteiger partial charge in [-0.1, -0.05) is 12.1 Å². The first-order chi connectivity index (χ1) is 6.95. The fourth-order valence-electron chi connectivity index (χ4n) is 0.464. The fraction of sp³-hybridized carbons (Fsp3) is 0. The van der Waals surface area contributed by atoms with Crippen LogP contribution in [-0.2, 0) is 21.1 Å². The molecule has 0 aromatic heterocycles. The van der Waals surface area contributed by atoms with Crippen LogP contribution in [0.3, 0.4) is 0 Å². The molecule has 1 aromatic carbocycles. The molecule has 0 atom stereocenters. The maximum Gasteiger partial charge on any atom is 2.00 e. The number of hydrogen-bond acceptors (Lipinski definition) is 10. The predicted molar refractivity (Wildman–Crippen MR) is 61.4 cm³/mol. The molecule has 0 saturated carbocycles. The molecule has 0 fully saturated rings. The monoisotopic (exact) mass is 516 g/mol. The predicted octanol–water partition coefficient (Wildman–Crippen LogP) is -0.382. The second-order valence-electron chi connectivity index (χ2n) is 1.81. The maximum atomic E-state index is 8.67. The third-order valence-corrected chi connectivity index (χ3v) is 0.882. The van der Waals surface area contributed by atoms with Gasteiger partial charge in [-0.05, 0) is 12.1 Å². The van der Waals surface area contributed by atoms with E-state index < -0.39 is 14.9 Å². The van der Waals surface area contributed by atoms with E-state index >= 15 is 0 Å². The van der Waals surface area contributed by atoms with Crippen molar-refractivity contribution >= 4 is 14.9 Å². The molecule has 0 aliphatic heterocycles. The summed E-state index contributed by atoms with van der Waals surface area (Å²) in [5.74, 6) is -0.153. The van der Waals surface area contributed by atoms with Gasteiger partial charge in [-0.3, -0.25) is 0 Å². The first kappa shape index (κ1) is 30.3. The van der Waals surface area contributed by atoms with Crippen LogP contribution in [0, 0.1) is 10.1 Å². The van der Waals surface area contributed by atoms with Crippen molar-refractivity contribution in [3.63, 3.8) is 0 Å². The van der Waals surface area contributed by atoms with Crippen LogP contribution in [0.4, 0.5) is 0 Å². The van der Waals surface area contributed by atoms with Gasteiger partial charge in [0.05, 0.1) is 0 Å². The molecular formula is C6H15N3O7PtSe+. The normalized spacial score (nSPS) is 6.67. The Morgan fingerprint density at radius 1 is 1.00 bits per heavy atom. The number of benzene rings is 1. The van der Waals surface area contributed by atoms with Crippen LogP contribution in [0.1, 0.15) is 0 Å². The minimum absolute atomic E-state index is 0. The summed E-state index contributed by atoms with van der Waals surface area (Å²) in [6.07, 6.45) is 0. The van der Waals surface area contributed by atoms with Crippen molar-refractivity contribution in [3.05, 3.63) is 34.4 Å². The van der Waals surface area contributed by atoms with Crippen LogP contribution in [0.2, 0.25) is 0 Å². The SMILES string of the molecule is N.N.O=N[O-].O[Se](O)O.Oc1ccccc1O.[Pt+2]. The maximum absolute atomic E-state index is 8.67. The topological polar surface area (TPSA) is 224 Å². The summed E-state index contributed by atoms with van der Waals surface area (Å²) in [5, 5.41) is 26.3. The van der Waals surface area contributed by atoms with E-state index in [1.165, 1.54) is 12.1 Å². The van der Waals surface area contributed by atoms with Gasteiger partial charge in [-0.2, -0.15) is 0 Å². The van der Waals surface area contributed by atoms with Crippen molar-refractivity contribution in [3.8, 4) is 11.5 Å². The molecular weight excluding hydrogens is 500 g/mol. The van der Waals surface area contributed by atoms with Crippen LogP contribution < -0.4 is 12.3 Å². The van der Waals surface area contributed by atoms with Gasteiger partial charge in [0, 0.05) is 0 Å². The number of rotatable bonds is 0. The molecule has 0 bridgehead atoms. The Kier molecular flexibility index (Phi) is 36.3. The molecule has 11 N–H and O–H groups in total. The molecule has 1 radical (unpaired) electrons. The second kappa shape index (κ2) is 21.5. The van der Waals surface area contributed by atoms with E-state index in [9.17, 15) is 0 Å². The molecule has 1 aromatic rings. The van der Waals surface area contributed by atoms with Crippen LogP contribution in [0.5, 0.6) is 11.5 Å². The number of nitrogens with zero attached hydrogens (tertiary/aromatic N) is 1. The molecule has 0 aliphatic rings. The molecule has 0 amide bonds. The number of phenols is 2. The summed E-state index contributed by atoms with van der Waals surface area (Å²) in [5.41, 5.74) is 0. The number of hydrogen-bond donors (Lipinski definition) is 7. The minimum Gasteiger partial charge on any atom is -0.504 e. The largest absolute Gasteiger partial charge is 2.00 e. The average Bonchev–Trinajstić information content (AvgIpc) is 2.10. The van der Waals surface area contributed by atoms with Crippen molar-refractivity contribution in [2.75, 3.05) is 0 Å². The molecule has 0 spiro atoms. The average molecular weight is 515 g/mol. The van der Waals surface area contributed by atoms with Crippen molar-refractivity contribution in [1.82, 2.24) is 12.3 Å². The van der Waals surface area contributed by atoms with Gasteiger partial charge in [-0.25, -0.2) is 0 Å². The summed E-state index contributed by atoms with van der Waals surface area (Å²) in [6, 6.07) is 6.15. The zero-order valence-electron chi connectivity index (χ0n) is 8.95. The van der Waals surface area contributed by atoms with Crippen LogP contribution in [0.15, 0.2) is 29.6 Å². The molecule has 111 valence electrons. The third kappa shape index (κ3) is 29.5. The van der Waals surface area contributed by atoms with Gasteiger partial charge in [0.2, 0.25) is 0 Å². The van der Waals surface area contributed by atoms with Crippen LogP contribution in [-0.4, -0.2) is 37.7 Å². The third-order valence-electron chi connectivity index (χ3n) is 0.882. The Morgan fingerprint density at radius 3 is 1.28 bits per heavy atom. The van der Waals surface area contributed by atoms with E-state index in [-0.39, 0.29) is 44.9 Å². The molecule has 18 heavy (non-hydrogen) atoms. The first-order valence-corrected chi connectivity index (χ1v) is 5.49. The van der Waals surface area contributed by atoms with Gasteiger partial charge in [0.25, 0.3) is 0 Å². The molecule has 12 heteroatoms. The first-order valence-electron chi connectivity index (χ1n) is 3.19. The quantitative estimate of drug-likeness (QED) is 0.103. The second-order valence-corrected chi connectivity index (χ2v) is 2.84. The molecule has 0 heterocycles. The summed E-state index contributed by atoms with van der Waals surface area (Å²) in [7, 11) is 0. The Hall–Kier alpha value is -0.772. The van der Waals surface area contributed by atoms with Crippen molar-refractivity contribution in [2.45, 2.75) is 0 Å². The standard InChI is InChI=1S/C6H6O2.HNO2.2H3N.H3O3Se.Pt/c7-5-3-1-2-4-6(5)8;2-1-3;;;1-4(2)3;/h1-4,7-8H;(H,2,3);2*1H3;1-3H;/q;;;;;+2/p-1. The van der Waals surface area contributed by atoms with Crippen molar-refractivity contribution in [1.29, 1.82) is 0 Å². The smallest absolute Gasteiger partial charge is 0.504 e. The Balaban J connectivity index is -0.0000000497. The van der Waals surface area contributed by atoms with Crippen LogP contribution >= 0.6 is 0 Å². The molecule has 0 aliphatic carbocycles. The Morgan fingerprint density at radius 2 is 1.17 bits per heavy atom. The van der Waals surface area contributed by atoms with Gasteiger partial charge in [0.1, 0.15) is 0 Å². The van der Waals surface area contributed by atoms with Crippen molar-refractivity contribution in [2.24, 2.45) is 5.34 Å². The number of phenolic OH excluding ortho intramolecular Hbond substituents is 2. The van der Waals surface area contributed by atoms with E-state index in [2.05, 4.69) is 0 Å². The summed E-state index contributed by atoms with van der Waals surface area (Å²) in [6.45, 7) is 0.